The van der Waals surface area contributed by atoms with E-state index >= 15 is 0 Å². The summed E-state index contributed by atoms with van der Waals surface area (Å²) in [6, 6.07) is 21.7. The zero-order chi connectivity index (χ0) is 16.5. The molecule has 0 radical (unpaired) electrons. The highest BCUT2D eigenvalue weighted by Crippen LogP contribution is 2.31. The van der Waals surface area contributed by atoms with Crippen molar-refractivity contribution in [3.63, 3.8) is 0 Å². The highest BCUT2D eigenvalue weighted by atomic mass is 14.9. The highest BCUT2D eigenvalue weighted by Gasteiger charge is 2.20. The first-order valence-electron chi connectivity index (χ1n) is 9.69. The fourth-order valence-corrected chi connectivity index (χ4v) is 3.98. The predicted octanol–water partition coefficient (Wildman–Crippen LogP) is 5.61. The van der Waals surface area contributed by atoms with E-state index in [1.54, 1.807) is 0 Å². The van der Waals surface area contributed by atoms with Crippen LogP contribution in [-0.2, 0) is 13.0 Å². The van der Waals surface area contributed by atoms with Crippen LogP contribution in [0, 0.1) is 11.8 Å². The number of nitrogens with one attached hydrogen (secondary N) is 1. The zero-order valence-electron chi connectivity index (χ0n) is 14.8. The van der Waals surface area contributed by atoms with Gasteiger partial charge in [-0.2, -0.15) is 0 Å². The normalized spacial score (nSPS) is 20.8. The maximum atomic E-state index is 3.65. The van der Waals surface area contributed by atoms with Gasteiger partial charge in [-0.1, -0.05) is 79.9 Å². The lowest BCUT2D eigenvalue weighted by molar-refractivity contribution is 0.254. The van der Waals surface area contributed by atoms with Crippen LogP contribution >= 0.6 is 0 Å². The predicted molar refractivity (Wildman–Crippen MR) is 103 cm³/mol. The molecule has 0 bridgehead atoms. The maximum absolute atomic E-state index is 3.65. The summed E-state index contributed by atoms with van der Waals surface area (Å²) < 4.78 is 0. The minimum absolute atomic E-state index is 0.888. The smallest absolute Gasteiger partial charge is 0.0205 e. The number of hydrogen-bond donors (Lipinski definition) is 1. The number of rotatable bonds is 8. The van der Waals surface area contributed by atoms with Gasteiger partial charge in [0, 0.05) is 6.54 Å². The molecule has 2 aromatic carbocycles. The molecule has 0 aromatic heterocycles. The van der Waals surface area contributed by atoms with Crippen LogP contribution in [0.5, 0.6) is 0 Å². The molecule has 1 N–H and O–H groups in total. The van der Waals surface area contributed by atoms with Gasteiger partial charge < -0.3 is 5.32 Å². The van der Waals surface area contributed by atoms with Gasteiger partial charge in [-0.05, 0) is 55.2 Å². The van der Waals surface area contributed by atoms with Gasteiger partial charge in [0.15, 0.2) is 0 Å². The Morgan fingerprint density at radius 3 is 1.96 bits per heavy atom. The first kappa shape index (κ1) is 17.2. The summed E-state index contributed by atoms with van der Waals surface area (Å²) in [5.41, 5.74) is 2.89. The molecule has 1 heteroatoms. The molecule has 1 aliphatic rings. The fraction of sp³-hybridized carbons (Fsp3) is 0.478. The minimum Gasteiger partial charge on any atom is -0.312 e. The average Bonchev–Trinajstić information content (AvgIpc) is 2.65. The number of hydrogen-bond acceptors (Lipinski definition) is 1. The van der Waals surface area contributed by atoms with Gasteiger partial charge >= 0.3 is 0 Å². The van der Waals surface area contributed by atoms with Crippen LogP contribution < -0.4 is 5.32 Å². The van der Waals surface area contributed by atoms with Gasteiger partial charge in [0.2, 0.25) is 0 Å². The van der Waals surface area contributed by atoms with Crippen LogP contribution in [0.15, 0.2) is 60.7 Å². The Bertz CT molecular complexity index is 502. The molecular formula is C23H31N. The Kier molecular flexibility index (Phi) is 6.92. The third-order valence-electron chi connectivity index (χ3n) is 5.49. The molecule has 0 heterocycles. The number of aryl methyl sites for hydroxylation is 1. The molecule has 0 saturated heterocycles. The summed E-state index contributed by atoms with van der Waals surface area (Å²) in [6.07, 6.45) is 9.72. The van der Waals surface area contributed by atoms with Gasteiger partial charge in [-0.25, -0.2) is 0 Å². The van der Waals surface area contributed by atoms with E-state index < -0.39 is 0 Å². The van der Waals surface area contributed by atoms with Gasteiger partial charge in [-0.3, -0.25) is 0 Å². The quantitative estimate of drug-likeness (QED) is 0.667. The van der Waals surface area contributed by atoms with Crippen LogP contribution in [-0.4, -0.2) is 6.54 Å². The van der Waals surface area contributed by atoms with E-state index in [-0.39, 0.29) is 0 Å². The van der Waals surface area contributed by atoms with E-state index in [1.165, 1.54) is 62.6 Å². The lowest BCUT2D eigenvalue weighted by Gasteiger charge is -2.28. The van der Waals surface area contributed by atoms with Crippen molar-refractivity contribution in [1.29, 1.82) is 0 Å². The van der Waals surface area contributed by atoms with Crippen molar-refractivity contribution in [2.75, 3.05) is 6.54 Å². The molecule has 1 aliphatic carbocycles. The topological polar surface area (TPSA) is 12.0 Å². The Balaban J connectivity index is 1.27. The standard InChI is InChI=1S/C23H31N/c1-3-8-20(9-4-1)12-7-13-21-14-16-23(17-15-21)19-24-18-22-10-5-2-6-11-22/h1-6,8-11,21,23-24H,7,12-19H2. The molecule has 1 nitrogen and oxygen atoms in total. The minimum atomic E-state index is 0.888. The Morgan fingerprint density at radius 2 is 1.29 bits per heavy atom. The SMILES string of the molecule is c1ccc(CCCC2CCC(CNCc3ccccc3)CC2)cc1. The molecule has 2 aromatic rings. The van der Waals surface area contributed by atoms with Gasteiger partial charge in [-0.15, -0.1) is 0 Å². The Labute approximate surface area is 147 Å². The molecule has 24 heavy (non-hydrogen) atoms. The maximum Gasteiger partial charge on any atom is 0.0205 e. The van der Waals surface area contributed by atoms with Crippen LogP contribution in [0.4, 0.5) is 0 Å². The van der Waals surface area contributed by atoms with Crippen LogP contribution in [0.1, 0.15) is 49.7 Å². The van der Waals surface area contributed by atoms with Crippen molar-refractivity contribution < 1.29 is 0 Å². The second-order valence-electron chi connectivity index (χ2n) is 7.38. The Hall–Kier alpha value is -1.60. The number of benzene rings is 2. The second kappa shape index (κ2) is 9.64. The average molecular weight is 322 g/mol. The van der Waals surface area contributed by atoms with Crippen molar-refractivity contribution in [1.82, 2.24) is 5.32 Å². The van der Waals surface area contributed by atoms with Gasteiger partial charge in [0.25, 0.3) is 0 Å². The molecule has 0 unspecified atom stereocenters. The fourth-order valence-electron chi connectivity index (χ4n) is 3.98. The zero-order valence-corrected chi connectivity index (χ0v) is 14.8. The van der Waals surface area contributed by atoms with E-state index in [4.69, 9.17) is 0 Å². The van der Waals surface area contributed by atoms with E-state index in [0.29, 0.717) is 0 Å². The van der Waals surface area contributed by atoms with Gasteiger partial charge in [0.1, 0.15) is 0 Å². The summed E-state index contributed by atoms with van der Waals surface area (Å²) in [6.45, 7) is 2.20. The summed E-state index contributed by atoms with van der Waals surface area (Å²) in [5, 5.41) is 3.65. The lowest BCUT2D eigenvalue weighted by atomic mass is 9.79. The third kappa shape index (κ3) is 5.79. The first-order chi connectivity index (χ1) is 11.9. The highest BCUT2D eigenvalue weighted by molar-refractivity contribution is 5.15. The van der Waals surface area contributed by atoms with Crippen LogP contribution in [0.25, 0.3) is 0 Å². The molecule has 1 fully saturated rings. The van der Waals surface area contributed by atoms with Crippen molar-refractivity contribution in [3.05, 3.63) is 71.8 Å². The second-order valence-corrected chi connectivity index (χ2v) is 7.38. The van der Waals surface area contributed by atoms with Crippen molar-refractivity contribution >= 4 is 0 Å². The van der Waals surface area contributed by atoms with Crippen molar-refractivity contribution in [3.8, 4) is 0 Å². The molecule has 0 amide bonds. The first-order valence-corrected chi connectivity index (χ1v) is 9.69. The molecule has 0 atom stereocenters. The third-order valence-corrected chi connectivity index (χ3v) is 5.49. The van der Waals surface area contributed by atoms with Crippen molar-refractivity contribution in [2.45, 2.75) is 51.5 Å². The van der Waals surface area contributed by atoms with E-state index in [1.807, 2.05) is 0 Å². The summed E-state index contributed by atoms with van der Waals surface area (Å²) in [5.74, 6) is 1.86. The molecule has 0 aliphatic heterocycles. The summed E-state index contributed by atoms with van der Waals surface area (Å²) in [7, 11) is 0. The largest absolute Gasteiger partial charge is 0.312 e. The van der Waals surface area contributed by atoms with Crippen LogP contribution in [0.3, 0.4) is 0 Å². The van der Waals surface area contributed by atoms with Crippen LogP contribution in [0.2, 0.25) is 0 Å². The molecule has 1 saturated carbocycles. The molecular weight excluding hydrogens is 290 g/mol. The van der Waals surface area contributed by atoms with Gasteiger partial charge in [0.05, 0.1) is 0 Å². The van der Waals surface area contributed by atoms with E-state index in [9.17, 15) is 0 Å². The monoisotopic (exact) mass is 321 g/mol. The lowest BCUT2D eigenvalue weighted by Crippen LogP contribution is -2.26. The summed E-state index contributed by atoms with van der Waals surface area (Å²) >= 11 is 0. The molecule has 128 valence electrons. The molecule has 0 spiro atoms. The van der Waals surface area contributed by atoms with E-state index in [0.717, 1.165) is 18.4 Å². The van der Waals surface area contributed by atoms with E-state index in [2.05, 4.69) is 66.0 Å². The Morgan fingerprint density at radius 1 is 0.708 bits per heavy atom. The molecule has 3 rings (SSSR count). The van der Waals surface area contributed by atoms with Crippen molar-refractivity contribution in [2.24, 2.45) is 11.8 Å². The summed E-state index contributed by atoms with van der Waals surface area (Å²) in [4.78, 5) is 0.